The summed E-state index contributed by atoms with van der Waals surface area (Å²) >= 11 is 0. The number of nitrogens with one attached hydrogen (secondary N) is 1. The number of hydrogen-bond acceptors (Lipinski definition) is 4. The van der Waals surface area contributed by atoms with E-state index in [0.29, 0.717) is 30.6 Å². The van der Waals surface area contributed by atoms with Crippen LogP contribution in [0.5, 0.6) is 11.5 Å². The van der Waals surface area contributed by atoms with Gasteiger partial charge in [-0.3, -0.25) is 0 Å². The van der Waals surface area contributed by atoms with Crippen LogP contribution in [0.1, 0.15) is 40.0 Å². The zero-order valence-electron chi connectivity index (χ0n) is 13.5. The third-order valence-electron chi connectivity index (χ3n) is 3.60. The maximum absolute atomic E-state index is 12.4. The number of rotatable bonds is 7. The highest BCUT2D eigenvalue weighted by Crippen LogP contribution is 2.32. The molecule has 0 amide bonds. The fraction of sp³-hybridized carbons (Fsp3) is 0.625. The lowest BCUT2D eigenvalue weighted by molar-refractivity contribution is 0.171. The maximum Gasteiger partial charge on any atom is 0.240 e. The molecular weight excluding hydrogens is 302 g/mol. The fourth-order valence-corrected chi connectivity index (χ4v) is 3.71. The number of sulfonamides is 1. The summed E-state index contributed by atoms with van der Waals surface area (Å²) in [4.78, 5) is 0.215. The zero-order valence-corrected chi connectivity index (χ0v) is 14.3. The Kier molecular flexibility index (Phi) is 5.69. The van der Waals surface area contributed by atoms with Crippen LogP contribution in [0.4, 0.5) is 0 Å². The van der Waals surface area contributed by atoms with Crippen LogP contribution < -0.4 is 14.2 Å². The van der Waals surface area contributed by atoms with Crippen LogP contribution in [0.15, 0.2) is 23.1 Å². The van der Waals surface area contributed by atoms with Crippen LogP contribution in [0.3, 0.4) is 0 Å². The Bertz CT molecular complexity index is 598. The highest BCUT2D eigenvalue weighted by atomic mass is 32.2. The van der Waals surface area contributed by atoms with E-state index in [0.717, 1.165) is 19.3 Å². The molecule has 1 aliphatic heterocycles. The van der Waals surface area contributed by atoms with E-state index in [9.17, 15) is 8.42 Å². The molecule has 5 nitrogen and oxygen atoms in total. The quantitative estimate of drug-likeness (QED) is 0.836. The monoisotopic (exact) mass is 327 g/mol. The van der Waals surface area contributed by atoms with Gasteiger partial charge in [-0.15, -0.1) is 0 Å². The lowest BCUT2D eigenvalue weighted by Gasteiger charge is -2.20. The number of fused-ring (bicyclic) bond motifs is 1. The highest BCUT2D eigenvalue weighted by Gasteiger charge is 2.21. The smallest absolute Gasteiger partial charge is 0.240 e. The molecule has 1 heterocycles. The summed E-state index contributed by atoms with van der Waals surface area (Å²) in [6, 6.07) is 4.64. The van der Waals surface area contributed by atoms with Crippen molar-refractivity contribution in [2.75, 3.05) is 13.2 Å². The van der Waals surface area contributed by atoms with Gasteiger partial charge in [-0.05, 0) is 31.4 Å². The Morgan fingerprint density at radius 3 is 2.45 bits per heavy atom. The van der Waals surface area contributed by atoms with Crippen LogP contribution >= 0.6 is 0 Å². The Morgan fingerprint density at radius 1 is 1.09 bits per heavy atom. The molecule has 1 aliphatic rings. The van der Waals surface area contributed by atoms with Gasteiger partial charge in [-0.25, -0.2) is 13.1 Å². The van der Waals surface area contributed by atoms with Gasteiger partial charge in [0.2, 0.25) is 10.0 Å². The lowest BCUT2D eigenvalue weighted by atomic mass is 10.0. The van der Waals surface area contributed by atoms with Gasteiger partial charge in [0.15, 0.2) is 11.5 Å². The maximum atomic E-state index is 12.4. The second-order valence-electron chi connectivity index (χ2n) is 6.15. The van der Waals surface area contributed by atoms with Gasteiger partial charge in [0.05, 0.1) is 4.90 Å². The van der Waals surface area contributed by atoms with Gasteiger partial charge in [-0.2, -0.15) is 0 Å². The summed E-state index contributed by atoms with van der Waals surface area (Å²) in [6.07, 6.45) is 2.96. The van der Waals surface area contributed by atoms with Crippen molar-refractivity contribution in [3.8, 4) is 11.5 Å². The minimum Gasteiger partial charge on any atom is -0.486 e. The molecule has 124 valence electrons. The Hall–Kier alpha value is -1.27. The van der Waals surface area contributed by atoms with E-state index in [1.54, 1.807) is 12.1 Å². The SMILES string of the molecule is CC(C)CCCC(C)NS(=O)(=O)c1ccc2c(c1)OCCO2. The van der Waals surface area contributed by atoms with Crippen LogP contribution in [0.25, 0.3) is 0 Å². The normalized spacial score (nSPS) is 15.8. The number of hydrogen-bond donors (Lipinski definition) is 1. The van der Waals surface area contributed by atoms with Crippen molar-refractivity contribution >= 4 is 10.0 Å². The lowest BCUT2D eigenvalue weighted by Crippen LogP contribution is -2.32. The molecule has 6 heteroatoms. The van der Waals surface area contributed by atoms with Crippen molar-refractivity contribution in [2.45, 2.75) is 51.0 Å². The van der Waals surface area contributed by atoms with Gasteiger partial charge in [-0.1, -0.05) is 26.7 Å². The van der Waals surface area contributed by atoms with E-state index >= 15 is 0 Å². The molecule has 1 aromatic rings. The van der Waals surface area contributed by atoms with E-state index in [1.807, 2.05) is 6.92 Å². The standard InChI is InChI=1S/C16H25NO4S/c1-12(2)5-4-6-13(3)17-22(18,19)14-7-8-15-16(11-14)21-10-9-20-15/h7-8,11-13,17H,4-6,9-10H2,1-3H3. The molecule has 2 rings (SSSR count). The predicted molar refractivity (Wildman–Crippen MR) is 85.9 cm³/mol. The second kappa shape index (κ2) is 7.33. The average Bonchev–Trinajstić information content (AvgIpc) is 2.45. The molecular formula is C16H25NO4S. The number of ether oxygens (including phenoxy) is 2. The second-order valence-corrected chi connectivity index (χ2v) is 7.87. The van der Waals surface area contributed by atoms with Crippen LogP contribution in [0.2, 0.25) is 0 Å². The third kappa shape index (κ3) is 4.61. The van der Waals surface area contributed by atoms with Gasteiger partial charge in [0.25, 0.3) is 0 Å². The summed E-state index contributed by atoms with van der Waals surface area (Å²) in [5.74, 6) is 1.72. The van der Waals surface area contributed by atoms with Gasteiger partial charge < -0.3 is 9.47 Å². The van der Waals surface area contributed by atoms with Gasteiger partial charge in [0.1, 0.15) is 13.2 Å². The largest absolute Gasteiger partial charge is 0.486 e. The fourth-order valence-electron chi connectivity index (χ4n) is 2.41. The van der Waals surface area contributed by atoms with E-state index in [-0.39, 0.29) is 10.9 Å². The van der Waals surface area contributed by atoms with Crippen molar-refractivity contribution in [3.05, 3.63) is 18.2 Å². The molecule has 0 saturated heterocycles. The first-order valence-electron chi connectivity index (χ1n) is 7.80. The van der Waals surface area contributed by atoms with E-state index < -0.39 is 10.0 Å². The molecule has 0 radical (unpaired) electrons. The summed E-state index contributed by atoms with van der Waals surface area (Å²) in [7, 11) is -3.53. The Labute approximate surface area is 133 Å². The molecule has 0 bridgehead atoms. The predicted octanol–water partition coefficient (Wildman–Crippen LogP) is 2.95. The minimum atomic E-state index is -3.53. The van der Waals surface area contributed by atoms with E-state index in [2.05, 4.69) is 18.6 Å². The molecule has 0 fully saturated rings. The summed E-state index contributed by atoms with van der Waals surface area (Å²) in [5, 5.41) is 0. The first-order chi connectivity index (χ1) is 10.4. The number of benzene rings is 1. The minimum absolute atomic E-state index is 0.0862. The summed E-state index contributed by atoms with van der Waals surface area (Å²) in [6.45, 7) is 7.17. The van der Waals surface area contributed by atoms with Crippen molar-refractivity contribution in [1.29, 1.82) is 0 Å². The molecule has 1 unspecified atom stereocenters. The topological polar surface area (TPSA) is 64.6 Å². The van der Waals surface area contributed by atoms with E-state index in [1.165, 1.54) is 6.07 Å². The van der Waals surface area contributed by atoms with Gasteiger partial charge >= 0.3 is 0 Å². The molecule has 0 aromatic heterocycles. The summed E-state index contributed by atoms with van der Waals surface area (Å²) < 4.78 is 38.4. The molecule has 0 spiro atoms. The Balaban J connectivity index is 2.00. The molecule has 1 atom stereocenters. The van der Waals surface area contributed by atoms with E-state index in [4.69, 9.17) is 9.47 Å². The van der Waals surface area contributed by atoms with Crippen molar-refractivity contribution in [2.24, 2.45) is 5.92 Å². The summed E-state index contributed by atoms with van der Waals surface area (Å²) in [5.41, 5.74) is 0. The molecule has 0 aliphatic carbocycles. The zero-order chi connectivity index (χ0) is 16.2. The average molecular weight is 327 g/mol. The third-order valence-corrected chi connectivity index (χ3v) is 5.19. The van der Waals surface area contributed by atoms with Crippen molar-refractivity contribution in [3.63, 3.8) is 0 Å². The highest BCUT2D eigenvalue weighted by molar-refractivity contribution is 7.89. The molecule has 1 N–H and O–H groups in total. The first-order valence-corrected chi connectivity index (χ1v) is 9.29. The first kappa shape index (κ1) is 17.1. The molecule has 22 heavy (non-hydrogen) atoms. The molecule has 0 saturated carbocycles. The van der Waals surface area contributed by atoms with Crippen LogP contribution in [-0.4, -0.2) is 27.7 Å². The van der Waals surface area contributed by atoms with Crippen LogP contribution in [0, 0.1) is 5.92 Å². The Morgan fingerprint density at radius 2 is 1.77 bits per heavy atom. The van der Waals surface area contributed by atoms with Crippen molar-refractivity contribution < 1.29 is 17.9 Å². The van der Waals surface area contributed by atoms with Gasteiger partial charge in [0, 0.05) is 12.1 Å². The molecule has 1 aromatic carbocycles. The van der Waals surface area contributed by atoms with Crippen molar-refractivity contribution in [1.82, 2.24) is 4.72 Å². The van der Waals surface area contributed by atoms with Crippen LogP contribution in [-0.2, 0) is 10.0 Å².